The van der Waals surface area contributed by atoms with Crippen LogP contribution in [-0.2, 0) is 0 Å². The van der Waals surface area contributed by atoms with Gasteiger partial charge in [0.05, 0.1) is 0 Å². The fourth-order valence-electron chi connectivity index (χ4n) is 1.17. The van der Waals surface area contributed by atoms with Crippen molar-refractivity contribution in [2.45, 2.75) is 53.1 Å². The molecule has 0 atom stereocenters. The van der Waals surface area contributed by atoms with E-state index in [1.807, 2.05) is 0 Å². The highest BCUT2D eigenvalue weighted by Gasteiger charge is 2.06. The molecule has 0 aliphatic rings. The van der Waals surface area contributed by atoms with E-state index < -0.39 is 0 Å². The molecule has 0 unspecified atom stereocenters. The number of hydrogen-bond acceptors (Lipinski definition) is 2. The zero-order valence-electron chi connectivity index (χ0n) is 9.85. The average Bonchev–Trinajstić information content (AvgIpc) is 2.04. The Hall–Kier alpha value is -0.0800. The van der Waals surface area contributed by atoms with Crippen molar-refractivity contribution in [3.8, 4) is 0 Å². The zero-order chi connectivity index (χ0) is 10.3. The van der Waals surface area contributed by atoms with Crippen LogP contribution in [0.3, 0.4) is 0 Å². The van der Waals surface area contributed by atoms with E-state index >= 15 is 0 Å². The third kappa shape index (κ3) is 8.26. The molecule has 0 fully saturated rings. The fourth-order valence-corrected chi connectivity index (χ4v) is 1.17. The highest BCUT2D eigenvalue weighted by atomic mass is 14.9. The van der Waals surface area contributed by atoms with Gasteiger partial charge in [-0.1, -0.05) is 41.0 Å². The van der Waals surface area contributed by atoms with Crippen LogP contribution < -0.4 is 10.6 Å². The Kier molecular flexibility index (Phi) is 7.29. The van der Waals surface area contributed by atoms with Crippen molar-refractivity contribution in [3.05, 3.63) is 0 Å². The molecule has 0 rings (SSSR count). The summed E-state index contributed by atoms with van der Waals surface area (Å²) in [6.45, 7) is 13.3. The van der Waals surface area contributed by atoms with Crippen molar-refractivity contribution in [1.29, 1.82) is 0 Å². The second-order valence-electron chi connectivity index (χ2n) is 4.40. The lowest BCUT2D eigenvalue weighted by Crippen LogP contribution is -2.36. The molecule has 0 aromatic carbocycles. The van der Waals surface area contributed by atoms with Gasteiger partial charge in [-0.3, -0.25) is 0 Å². The van der Waals surface area contributed by atoms with E-state index in [-0.39, 0.29) is 0 Å². The van der Waals surface area contributed by atoms with Crippen molar-refractivity contribution >= 4 is 0 Å². The van der Waals surface area contributed by atoms with Crippen LogP contribution in [0.15, 0.2) is 0 Å². The maximum Gasteiger partial charge on any atom is 0.00105 e. The predicted octanol–water partition coefficient (Wildman–Crippen LogP) is 2.01. The number of nitrogens with one attached hydrogen (secondary N) is 2. The minimum Gasteiger partial charge on any atom is -0.314 e. The molecule has 0 aliphatic heterocycles. The first-order valence-electron chi connectivity index (χ1n) is 5.53. The molecule has 0 bridgehead atoms. The Labute approximate surface area is 83.5 Å². The topological polar surface area (TPSA) is 24.1 Å². The third-order valence-electron chi connectivity index (χ3n) is 2.21. The molecule has 0 heterocycles. The fraction of sp³-hybridized carbons (Fsp3) is 1.00. The normalized spacial score (nSPS) is 12.0. The van der Waals surface area contributed by atoms with Crippen molar-refractivity contribution in [2.75, 3.05) is 13.1 Å². The van der Waals surface area contributed by atoms with Crippen LogP contribution in [0.25, 0.3) is 0 Å². The van der Waals surface area contributed by atoms with Gasteiger partial charge in [0, 0.05) is 12.1 Å². The lowest BCUT2D eigenvalue weighted by atomic mass is 10.1. The van der Waals surface area contributed by atoms with Crippen LogP contribution in [0.4, 0.5) is 0 Å². The first kappa shape index (κ1) is 12.9. The lowest BCUT2D eigenvalue weighted by molar-refractivity contribution is 0.399. The standard InChI is InChI=1S/C11H26N2/c1-6-11(7-12-9(2)3)8-13-10(4)5/h9-13H,6-8H2,1-5H3. The van der Waals surface area contributed by atoms with Gasteiger partial charge in [-0.25, -0.2) is 0 Å². The van der Waals surface area contributed by atoms with Gasteiger partial charge in [0.1, 0.15) is 0 Å². The summed E-state index contributed by atoms with van der Waals surface area (Å²) in [6, 6.07) is 1.21. The minimum atomic E-state index is 0.605. The third-order valence-corrected chi connectivity index (χ3v) is 2.21. The van der Waals surface area contributed by atoms with Crippen LogP contribution in [0, 0.1) is 5.92 Å². The molecule has 0 saturated heterocycles. The van der Waals surface area contributed by atoms with Crippen LogP contribution in [-0.4, -0.2) is 25.2 Å². The maximum atomic E-state index is 3.48. The van der Waals surface area contributed by atoms with Crippen molar-refractivity contribution in [1.82, 2.24) is 10.6 Å². The van der Waals surface area contributed by atoms with Gasteiger partial charge >= 0.3 is 0 Å². The van der Waals surface area contributed by atoms with E-state index in [2.05, 4.69) is 45.3 Å². The predicted molar refractivity (Wildman–Crippen MR) is 60.1 cm³/mol. The summed E-state index contributed by atoms with van der Waals surface area (Å²) >= 11 is 0. The monoisotopic (exact) mass is 186 g/mol. The molecule has 0 amide bonds. The summed E-state index contributed by atoms with van der Waals surface area (Å²) in [5.41, 5.74) is 0. The molecule has 2 N–H and O–H groups in total. The molecule has 0 aromatic rings. The molecule has 0 spiro atoms. The van der Waals surface area contributed by atoms with Gasteiger partial charge in [0.2, 0.25) is 0 Å². The lowest BCUT2D eigenvalue weighted by Gasteiger charge is -2.19. The maximum absolute atomic E-state index is 3.48. The molecule has 80 valence electrons. The Balaban J connectivity index is 3.51. The first-order valence-corrected chi connectivity index (χ1v) is 5.53. The second kappa shape index (κ2) is 7.34. The smallest absolute Gasteiger partial charge is 0.00105 e. The van der Waals surface area contributed by atoms with E-state index in [9.17, 15) is 0 Å². The summed E-state index contributed by atoms with van der Waals surface area (Å²) < 4.78 is 0. The van der Waals surface area contributed by atoms with Gasteiger partial charge in [0.25, 0.3) is 0 Å². The van der Waals surface area contributed by atoms with Gasteiger partial charge in [0.15, 0.2) is 0 Å². The second-order valence-corrected chi connectivity index (χ2v) is 4.40. The molecule has 2 nitrogen and oxygen atoms in total. The minimum absolute atomic E-state index is 0.605. The number of rotatable bonds is 7. The molecular weight excluding hydrogens is 160 g/mol. The van der Waals surface area contributed by atoms with Crippen LogP contribution in [0.2, 0.25) is 0 Å². The Bertz CT molecular complexity index is 98.7. The van der Waals surface area contributed by atoms with E-state index in [1.54, 1.807) is 0 Å². The van der Waals surface area contributed by atoms with Crippen molar-refractivity contribution < 1.29 is 0 Å². The summed E-state index contributed by atoms with van der Waals surface area (Å²) in [5, 5.41) is 6.96. The van der Waals surface area contributed by atoms with Crippen LogP contribution in [0.5, 0.6) is 0 Å². The van der Waals surface area contributed by atoms with Gasteiger partial charge < -0.3 is 10.6 Å². The zero-order valence-corrected chi connectivity index (χ0v) is 9.85. The largest absolute Gasteiger partial charge is 0.314 e. The Morgan fingerprint density at radius 1 is 0.846 bits per heavy atom. The van der Waals surface area contributed by atoms with Crippen molar-refractivity contribution in [2.24, 2.45) is 5.92 Å². The van der Waals surface area contributed by atoms with Crippen LogP contribution >= 0.6 is 0 Å². The molecular formula is C11H26N2. The number of hydrogen-bond donors (Lipinski definition) is 2. The SMILES string of the molecule is CCC(CNC(C)C)CNC(C)C. The van der Waals surface area contributed by atoms with Crippen LogP contribution in [0.1, 0.15) is 41.0 Å². The van der Waals surface area contributed by atoms with E-state index in [4.69, 9.17) is 0 Å². The Morgan fingerprint density at radius 3 is 1.46 bits per heavy atom. The highest BCUT2D eigenvalue weighted by molar-refractivity contribution is 4.66. The summed E-state index contributed by atoms with van der Waals surface area (Å²) in [5.74, 6) is 0.768. The average molecular weight is 186 g/mol. The molecule has 0 saturated carbocycles. The van der Waals surface area contributed by atoms with E-state index in [0.29, 0.717) is 12.1 Å². The quantitative estimate of drug-likeness (QED) is 0.635. The van der Waals surface area contributed by atoms with E-state index in [1.165, 1.54) is 6.42 Å². The molecule has 0 radical (unpaired) electrons. The summed E-state index contributed by atoms with van der Waals surface area (Å²) in [6.07, 6.45) is 1.25. The van der Waals surface area contributed by atoms with Crippen molar-refractivity contribution in [3.63, 3.8) is 0 Å². The van der Waals surface area contributed by atoms with Gasteiger partial charge in [-0.2, -0.15) is 0 Å². The summed E-state index contributed by atoms with van der Waals surface area (Å²) in [7, 11) is 0. The van der Waals surface area contributed by atoms with E-state index in [0.717, 1.165) is 19.0 Å². The molecule has 0 aromatic heterocycles. The summed E-state index contributed by atoms with van der Waals surface area (Å²) in [4.78, 5) is 0. The van der Waals surface area contributed by atoms with Gasteiger partial charge in [-0.15, -0.1) is 0 Å². The highest BCUT2D eigenvalue weighted by Crippen LogP contribution is 2.00. The molecule has 0 aliphatic carbocycles. The first-order chi connectivity index (χ1) is 6.06. The van der Waals surface area contributed by atoms with Gasteiger partial charge in [-0.05, 0) is 19.0 Å². The Morgan fingerprint density at radius 2 is 1.23 bits per heavy atom. The molecule has 13 heavy (non-hydrogen) atoms. The molecule has 2 heteroatoms.